The molecule has 0 saturated heterocycles. The van der Waals surface area contributed by atoms with Crippen molar-refractivity contribution >= 4 is 5.69 Å². The fourth-order valence-electron chi connectivity index (χ4n) is 1.98. The van der Waals surface area contributed by atoms with Gasteiger partial charge in [-0.05, 0) is 37.1 Å². The minimum atomic E-state index is 0.377. The lowest BCUT2D eigenvalue weighted by Gasteiger charge is -2.18. The van der Waals surface area contributed by atoms with Gasteiger partial charge in [0.25, 0.3) is 0 Å². The molecule has 1 atom stereocenters. The van der Waals surface area contributed by atoms with E-state index in [0.29, 0.717) is 6.04 Å². The summed E-state index contributed by atoms with van der Waals surface area (Å²) >= 11 is 0. The summed E-state index contributed by atoms with van der Waals surface area (Å²) in [6, 6.07) is 8.98. The summed E-state index contributed by atoms with van der Waals surface area (Å²) in [4.78, 5) is 2.10. The predicted octanol–water partition coefficient (Wildman–Crippen LogP) is 1.60. The molecule has 108 valence electrons. The van der Waals surface area contributed by atoms with Gasteiger partial charge in [0.2, 0.25) is 0 Å². The van der Waals surface area contributed by atoms with Crippen LogP contribution in [0.5, 0.6) is 0 Å². The Balaban J connectivity index is 2.44. The third-order valence-electron chi connectivity index (χ3n) is 3.17. The first-order chi connectivity index (χ1) is 9.17. The molecule has 0 aliphatic rings. The van der Waals surface area contributed by atoms with Crippen molar-refractivity contribution in [2.45, 2.75) is 25.4 Å². The van der Waals surface area contributed by atoms with Crippen LogP contribution in [-0.4, -0.2) is 40.4 Å². The molecule has 1 aromatic rings. The number of hydrogen-bond acceptors (Lipinski definition) is 4. The molecule has 0 radical (unpaired) electrons. The zero-order valence-electron chi connectivity index (χ0n) is 12.4. The van der Waals surface area contributed by atoms with Crippen molar-refractivity contribution in [3.8, 4) is 0 Å². The summed E-state index contributed by atoms with van der Waals surface area (Å²) in [5.74, 6) is 0. The van der Waals surface area contributed by atoms with E-state index in [4.69, 9.17) is 10.5 Å². The van der Waals surface area contributed by atoms with Gasteiger partial charge >= 0.3 is 0 Å². The van der Waals surface area contributed by atoms with Gasteiger partial charge in [0, 0.05) is 39.5 Å². The third kappa shape index (κ3) is 6.05. The standard InChI is InChI=1S/C15H27N3O/c1-18(2)15-8-6-13(7-9-15)11-17-14(12-19-3)5-4-10-16/h6-9,14,17H,4-5,10-12,16H2,1-3H3. The predicted molar refractivity (Wildman–Crippen MR) is 81.6 cm³/mol. The molecule has 0 saturated carbocycles. The number of rotatable bonds is 9. The number of methoxy groups -OCH3 is 1. The Morgan fingerprint density at radius 1 is 1.26 bits per heavy atom. The Morgan fingerprint density at radius 3 is 2.47 bits per heavy atom. The second kappa shape index (κ2) is 8.91. The Kier molecular flexibility index (Phi) is 7.48. The maximum atomic E-state index is 5.55. The normalized spacial score (nSPS) is 12.4. The van der Waals surface area contributed by atoms with Gasteiger partial charge in [0.15, 0.2) is 0 Å². The summed E-state index contributed by atoms with van der Waals surface area (Å²) < 4.78 is 5.23. The maximum absolute atomic E-state index is 5.55. The van der Waals surface area contributed by atoms with Gasteiger partial charge in [-0.15, -0.1) is 0 Å². The molecule has 1 aromatic carbocycles. The van der Waals surface area contributed by atoms with Gasteiger partial charge in [-0.1, -0.05) is 12.1 Å². The molecule has 3 N–H and O–H groups in total. The van der Waals surface area contributed by atoms with Crippen LogP contribution in [-0.2, 0) is 11.3 Å². The van der Waals surface area contributed by atoms with E-state index in [9.17, 15) is 0 Å². The summed E-state index contributed by atoms with van der Waals surface area (Å²) in [5.41, 5.74) is 8.07. The molecule has 0 heterocycles. The van der Waals surface area contributed by atoms with E-state index in [2.05, 4.69) is 48.6 Å². The van der Waals surface area contributed by atoms with Crippen LogP contribution in [0, 0.1) is 0 Å². The monoisotopic (exact) mass is 265 g/mol. The first-order valence-corrected chi connectivity index (χ1v) is 6.86. The number of anilines is 1. The van der Waals surface area contributed by atoms with Crippen LogP contribution in [0.2, 0.25) is 0 Å². The number of nitrogens with zero attached hydrogens (tertiary/aromatic N) is 1. The van der Waals surface area contributed by atoms with Crippen LogP contribution in [0.3, 0.4) is 0 Å². The highest BCUT2D eigenvalue weighted by molar-refractivity contribution is 5.45. The zero-order chi connectivity index (χ0) is 14.1. The van der Waals surface area contributed by atoms with Crippen LogP contribution in [0.1, 0.15) is 18.4 Å². The van der Waals surface area contributed by atoms with Crippen molar-refractivity contribution < 1.29 is 4.74 Å². The van der Waals surface area contributed by atoms with Crippen LogP contribution in [0.4, 0.5) is 5.69 Å². The molecule has 0 aliphatic carbocycles. The lowest BCUT2D eigenvalue weighted by Crippen LogP contribution is -2.33. The SMILES string of the molecule is COCC(CCCN)NCc1ccc(N(C)C)cc1. The molecule has 0 amide bonds. The number of hydrogen-bond donors (Lipinski definition) is 2. The Bertz CT molecular complexity index is 338. The van der Waals surface area contributed by atoms with E-state index in [-0.39, 0.29) is 0 Å². The van der Waals surface area contributed by atoms with Gasteiger partial charge < -0.3 is 20.7 Å². The summed E-state index contributed by atoms with van der Waals surface area (Å²) in [7, 11) is 5.84. The van der Waals surface area contributed by atoms with E-state index >= 15 is 0 Å². The maximum Gasteiger partial charge on any atom is 0.0615 e. The van der Waals surface area contributed by atoms with E-state index in [1.54, 1.807) is 7.11 Å². The molecule has 1 rings (SSSR count). The fourth-order valence-corrected chi connectivity index (χ4v) is 1.98. The molecule has 0 fully saturated rings. The van der Waals surface area contributed by atoms with E-state index in [0.717, 1.165) is 32.5 Å². The van der Waals surface area contributed by atoms with Crippen molar-refractivity contribution in [3.05, 3.63) is 29.8 Å². The summed E-state index contributed by atoms with van der Waals surface area (Å²) in [6.07, 6.45) is 2.08. The molecule has 0 bridgehead atoms. The van der Waals surface area contributed by atoms with Crippen LogP contribution in [0.15, 0.2) is 24.3 Å². The Morgan fingerprint density at radius 2 is 1.95 bits per heavy atom. The average Bonchev–Trinajstić information content (AvgIpc) is 2.42. The smallest absolute Gasteiger partial charge is 0.0615 e. The van der Waals surface area contributed by atoms with Crippen molar-refractivity contribution in [2.24, 2.45) is 5.73 Å². The molecular formula is C15H27N3O. The number of ether oxygens (including phenoxy) is 1. The second-order valence-electron chi connectivity index (χ2n) is 5.02. The van der Waals surface area contributed by atoms with Gasteiger partial charge in [0.05, 0.1) is 6.61 Å². The molecule has 1 unspecified atom stereocenters. The second-order valence-corrected chi connectivity index (χ2v) is 5.02. The van der Waals surface area contributed by atoms with Crippen molar-refractivity contribution in [1.29, 1.82) is 0 Å². The highest BCUT2D eigenvalue weighted by Gasteiger charge is 2.07. The molecule has 4 heteroatoms. The van der Waals surface area contributed by atoms with Crippen molar-refractivity contribution in [3.63, 3.8) is 0 Å². The molecular weight excluding hydrogens is 238 g/mol. The molecule has 0 aromatic heterocycles. The minimum absolute atomic E-state index is 0.377. The van der Waals surface area contributed by atoms with E-state index in [1.807, 2.05) is 0 Å². The largest absolute Gasteiger partial charge is 0.383 e. The number of benzene rings is 1. The van der Waals surface area contributed by atoms with Crippen molar-refractivity contribution in [1.82, 2.24) is 5.32 Å². The van der Waals surface area contributed by atoms with Gasteiger partial charge in [-0.25, -0.2) is 0 Å². The molecule has 4 nitrogen and oxygen atoms in total. The molecule has 19 heavy (non-hydrogen) atoms. The van der Waals surface area contributed by atoms with Gasteiger partial charge in [0.1, 0.15) is 0 Å². The summed E-state index contributed by atoms with van der Waals surface area (Å²) in [6.45, 7) is 2.33. The third-order valence-corrected chi connectivity index (χ3v) is 3.17. The Hall–Kier alpha value is -1.10. The van der Waals surface area contributed by atoms with Crippen molar-refractivity contribution in [2.75, 3.05) is 39.3 Å². The molecule has 0 aliphatic heterocycles. The van der Waals surface area contributed by atoms with Gasteiger partial charge in [-0.2, -0.15) is 0 Å². The first kappa shape index (κ1) is 16.0. The van der Waals surface area contributed by atoms with E-state index in [1.165, 1.54) is 11.3 Å². The lowest BCUT2D eigenvalue weighted by atomic mass is 10.1. The average molecular weight is 265 g/mol. The quantitative estimate of drug-likeness (QED) is 0.712. The van der Waals surface area contributed by atoms with E-state index < -0.39 is 0 Å². The zero-order valence-corrected chi connectivity index (χ0v) is 12.4. The first-order valence-electron chi connectivity index (χ1n) is 6.86. The fraction of sp³-hybridized carbons (Fsp3) is 0.600. The lowest BCUT2D eigenvalue weighted by molar-refractivity contribution is 0.161. The highest BCUT2D eigenvalue weighted by Crippen LogP contribution is 2.12. The highest BCUT2D eigenvalue weighted by atomic mass is 16.5. The number of nitrogens with two attached hydrogens (primary N) is 1. The van der Waals surface area contributed by atoms with Gasteiger partial charge in [-0.3, -0.25) is 0 Å². The molecule has 0 spiro atoms. The van der Waals surface area contributed by atoms with Crippen LogP contribution < -0.4 is 16.0 Å². The minimum Gasteiger partial charge on any atom is -0.383 e. The number of nitrogens with one attached hydrogen (secondary N) is 1. The van der Waals surface area contributed by atoms with Crippen LogP contribution >= 0.6 is 0 Å². The summed E-state index contributed by atoms with van der Waals surface area (Å²) in [5, 5.41) is 3.53. The topological polar surface area (TPSA) is 50.5 Å². The van der Waals surface area contributed by atoms with Crippen LogP contribution in [0.25, 0.3) is 0 Å². The Labute approximate surface area is 116 Å².